The quantitative estimate of drug-likeness (QED) is 0.364. The third-order valence-electron chi connectivity index (χ3n) is 4.70. The molecular weight excluding hydrogens is 372 g/mol. The maximum atomic E-state index is 12.7. The summed E-state index contributed by atoms with van der Waals surface area (Å²) >= 11 is 0. The van der Waals surface area contributed by atoms with Crippen molar-refractivity contribution >= 4 is 28.4 Å². The number of carbonyl (C=O) groups is 2. The van der Waals surface area contributed by atoms with Crippen molar-refractivity contribution in [2.75, 3.05) is 5.32 Å². The number of rotatable bonds is 4. The lowest BCUT2D eigenvalue weighted by Gasteiger charge is -2.09. The molecule has 4 aromatic rings. The monoisotopic (exact) mass is 390 g/mol. The van der Waals surface area contributed by atoms with Crippen LogP contribution in [0.3, 0.4) is 0 Å². The number of aromatic nitrogens is 5. The van der Waals surface area contributed by atoms with Crippen molar-refractivity contribution in [3.63, 3.8) is 0 Å². The van der Waals surface area contributed by atoms with Gasteiger partial charge in [0, 0.05) is 34.4 Å². The van der Waals surface area contributed by atoms with Gasteiger partial charge in [-0.15, -0.1) is 0 Å². The van der Waals surface area contributed by atoms with Gasteiger partial charge < -0.3 is 10.3 Å². The zero-order chi connectivity index (χ0) is 20.7. The minimum atomic E-state index is -0.818. The van der Waals surface area contributed by atoms with Gasteiger partial charge in [-0.3, -0.25) is 19.4 Å². The minimum absolute atomic E-state index is 0.154. The van der Waals surface area contributed by atoms with Crippen LogP contribution in [0.4, 0.5) is 5.82 Å². The lowest BCUT2D eigenvalue weighted by atomic mass is 10.1. The predicted octanol–water partition coefficient (Wildman–Crippen LogP) is 2.18. The van der Waals surface area contributed by atoms with Crippen LogP contribution >= 0.6 is 0 Å². The largest absolute Gasteiger partial charge is 0.360 e. The molecule has 3 N–H and O–H groups in total. The average molecular weight is 390 g/mol. The summed E-state index contributed by atoms with van der Waals surface area (Å²) in [7, 11) is 0. The van der Waals surface area contributed by atoms with Crippen molar-refractivity contribution in [3.8, 4) is 5.95 Å². The number of aromatic amines is 2. The summed E-state index contributed by atoms with van der Waals surface area (Å²) in [4.78, 5) is 47.3. The number of ketones is 1. The highest BCUT2D eigenvalue weighted by Gasteiger charge is 2.22. The molecule has 0 unspecified atom stereocenters. The molecule has 146 valence electrons. The molecule has 9 nitrogen and oxygen atoms in total. The summed E-state index contributed by atoms with van der Waals surface area (Å²) in [6.07, 6.45) is 1.51. The molecule has 0 saturated heterocycles. The Labute approximate surface area is 164 Å². The second-order valence-electron chi connectivity index (χ2n) is 6.71. The summed E-state index contributed by atoms with van der Waals surface area (Å²) < 4.78 is 1.30. The van der Waals surface area contributed by atoms with Crippen LogP contribution in [0.15, 0.2) is 41.3 Å². The Kier molecular flexibility index (Phi) is 4.34. The van der Waals surface area contributed by atoms with Gasteiger partial charge >= 0.3 is 0 Å². The molecular formula is C20H18N6O3. The lowest BCUT2D eigenvalue weighted by Crippen LogP contribution is -2.25. The van der Waals surface area contributed by atoms with Crippen LogP contribution < -0.4 is 10.9 Å². The van der Waals surface area contributed by atoms with Gasteiger partial charge in [0.05, 0.1) is 11.3 Å². The Morgan fingerprint density at radius 2 is 1.90 bits per heavy atom. The number of carbonyl (C=O) groups excluding carboxylic acids is 2. The van der Waals surface area contributed by atoms with E-state index in [0.29, 0.717) is 22.3 Å². The molecule has 3 heterocycles. The van der Waals surface area contributed by atoms with E-state index in [4.69, 9.17) is 0 Å². The molecule has 4 rings (SSSR count). The van der Waals surface area contributed by atoms with E-state index >= 15 is 0 Å². The van der Waals surface area contributed by atoms with Crippen molar-refractivity contribution in [2.24, 2.45) is 0 Å². The van der Waals surface area contributed by atoms with Gasteiger partial charge in [-0.1, -0.05) is 18.2 Å². The zero-order valence-corrected chi connectivity index (χ0v) is 16.0. The van der Waals surface area contributed by atoms with Gasteiger partial charge in [0.1, 0.15) is 5.82 Å². The van der Waals surface area contributed by atoms with E-state index < -0.39 is 11.7 Å². The molecule has 1 amide bonds. The molecule has 0 atom stereocenters. The van der Waals surface area contributed by atoms with E-state index in [1.54, 1.807) is 39.0 Å². The van der Waals surface area contributed by atoms with Crippen molar-refractivity contribution < 1.29 is 9.59 Å². The zero-order valence-electron chi connectivity index (χ0n) is 16.0. The van der Waals surface area contributed by atoms with Crippen LogP contribution in [-0.2, 0) is 4.79 Å². The third-order valence-corrected chi connectivity index (χ3v) is 4.70. The number of amides is 1. The number of Topliss-reactive ketones (excluding diaryl/α,β-unsaturated/α-hetero) is 1. The van der Waals surface area contributed by atoms with Crippen LogP contribution in [0.5, 0.6) is 0 Å². The molecule has 3 aromatic heterocycles. The van der Waals surface area contributed by atoms with E-state index in [-0.39, 0.29) is 22.9 Å². The number of aryl methyl sites for hydroxylation is 2. The summed E-state index contributed by atoms with van der Waals surface area (Å²) in [6.45, 7) is 5.11. The van der Waals surface area contributed by atoms with Crippen LogP contribution in [0.2, 0.25) is 0 Å². The highest BCUT2D eigenvalue weighted by atomic mass is 16.2. The Hall–Kier alpha value is -4.01. The molecule has 0 spiro atoms. The van der Waals surface area contributed by atoms with Gasteiger partial charge in [0.25, 0.3) is 17.2 Å². The van der Waals surface area contributed by atoms with E-state index in [1.807, 2.05) is 12.1 Å². The second kappa shape index (κ2) is 6.86. The summed E-state index contributed by atoms with van der Waals surface area (Å²) in [5, 5.41) is 7.51. The molecule has 0 bridgehead atoms. The first-order valence-electron chi connectivity index (χ1n) is 8.91. The fraction of sp³-hybridized carbons (Fsp3) is 0.150. The molecule has 0 radical (unpaired) electrons. The average Bonchev–Trinajstić information content (AvgIpc) is 3.28. The Balaban J connectivity index is 1.68. The topological polar surface area (TPSA) is 126 Å². The molecule has 0 fully saturated rings. The fourth-order valence-corrected chi connectivity index (χ4v) is 3.04. The predicted molar refractivity (Wildman–Crippen MR) is 107 cm³/mol. The number of hydrogen-bond donors (Lipinski definition) is 3. The van der Waals surface area contributed by atoms with Crippen LogP contribution in [0.1, 0.15) is 27.3 Å². The number of anilines is 1. The maximum absolute atomic E-state index is 12.7. The van der Waals surface area contributed by atoms with Crippen LogP contribution in [0.25, 0.3) is 16.9 Å². The number of fused-ring (bicyclic) bond motifs is 1. The summed E-state index contributed by atoms with van der Waals surface area (Å²) in [6, 6.07) is 8.82. The molecule has 0 aliphatic carbocycles. The van der Waals surface area contributed by atoms with Crippen molar-refractivity contribution in [3.05, 3.63) is 69.4 Å². The number of para-hydroxylation sites is 1. The second-order valence-corrected chi connectivity index (χ2v) is 6.71. The highest BCUT2D eigenvalue weighted by molar-refractivity contribution is 6.48. The van der Waals surface area contributed by atoms with Gasteiger partial charge in [-0.2, -0.15) is 9.78 Å². The number of benzene rings is 1. The van der Waals surface area contributed by atoms with Gasteiger partial charge in [-0.25, -0.2) is 4.98 Å². The van der Waals surface area contributed by atoms with E-state index in [1.165, 1.54) is 10.9 Å². The fourth-order valence-electron chi connectivity index (χ4n) is 3.04. The smallest absolute Gasteiger partial charge is 0.298 e. The van der Waals surface area contributed by atoms with Crippen molar-refractivity contribution in [1.29, 1.82) is 0 Å². The van der Waals surface area contributed by atoms with Gasteiger partial charge in [0.15, 0.2) is 0 Å². The Morgan fingerprint density at radius 3 is 2.66 bits per heavy atom. The van der Waals surface area contributed by atoms with E-state index in [9.17, 15) is 14.4 Å². The lowest BCUT2D eigenvalue weighted by molar-refractivity contribution is -0.112. The first-order chi connectivity index (χ1) is 13.8. The van der Waals surface area contributed by atoms with Crippen LogP contribution in [0, 0.1) is 20.8 Å². The van der Waals surface area contributed by atoms with Gasteiger partial charge in [0.2, 0.25) is 5.95 Å². The molecule has 0 saturated carbocycles. The number of hydrogen-bond acceptors (Lipinski definition) is 5. The normalized spacial score (nSPS) is 11.0. The maximum Gasteiger partial charge on any atom is 0.298 e. The Bertz CT molecular complexity index is 1330. The number of nitrogens with zero attached hydrogens (tertiary/aromatic N) is 3. The van der Waals surface area contributed by atoms with E-state index in [0.717, 1.165) is 5.52 Å². The SMILES string of the molecule is Cc1cc(NC(=O)C(=O)c2c[nH]c3ccccc23)n(-c2nc(C)c(C)c(=O)[nH]2)n1. The minimum Gasteiger partial charge on any atom is -0.360 e. The molecule has 0 aliphatic rings. The van der Waals surface area contributed by atoms with Crippen molar-refractivity contribution in [2.45, 2.75) is 20.8 Å². The van der Waals surface area contributed by atoms with E-state index in [2.05, 4.69) is 25.4 Å². The van der Waals surface area contributed by atoms with Crippen molar-refractivity contribution in [1.82, 2.24) is 24.7 Å². The third kappa shape index (κ3) is 3.22. The molecule has 9 heteroatoms. The summed E-state index contributed by atoms with van der Waals surface area (Å²) in [5.41, 5.74) is 2.37. The molecule has 29 heavy (non-hydrogen) atoms. The molecule has 1 aromatic carbocycles. The number of nitrogens with one attached hydrogen (secondary N) is 3. The van der Waals surface area contributed by atoms with Crippen LogP contribution in [-0.4, -0.2) is 36.4 Å². The molecule has 0 aliphatic heterocycles. The first kappa shape index (κ1) is 18.4. The Morgan fingerprint density at radius 1 is 1.14 bits per heavy atom. The number of H-pyrrole nitrogens is 2. The van der Waals surface area contributed by atoms with Gasteiger partial charge in [-0.05, 0) is 26.8 Å². The first-order valence-corrected chi connectivity index (χ1v) is 8.91. The highest BCUT2D eigenvalue weighted by Crippen LogP contribution is 2.20. The summed E-state index contributed by atoms with van der Waals surface area (Å²) in [5.74, 6) is -1.12. The standard InChI is InChI=1S/C20H18N6O3/c1-10-8-16(26(25-10)20-22-12(3)11(2)18(28)24-20)23-19(29)17(27)14-9-21-15-7-5-4-6-13(14)15/h4-9,21H,1-3H3,(H,23,29)(H,22,24,28).